The molecule has 28 heavy (non-hydrogen) atoms. The van der Waals surface area contributed by atoms with Crippen LogP contribution in [0.25, 0.3) is 11.1 Å². The Bertz CT molecular complexity index is 761. The fourth-order valence-corrected chi connectivity index (χ4v) is 4.35. The molecule has 2 nitrogen and oxygen atoms in total. The summed E-state index contributed by atoms with van der Waals surface area (Å²) in [6.07, 6.45) is 13.5. The average molecular weight is 379 g/mol. The standard InChI is InChI=1S/C26H34O2/c1-3-4-5-6-7-8-9-21-10-11-25-19-24(13-12-23(25)18-21)22-14-16-26(17-15-22)28-20(2)27/h12-17,19,21H,3-11,18H2,1-2H3. The Morgan fingerprint density at radius 3 is 2.39 bits per heavy atom. The summed E-state index contributed by atoms with van der Waals surface area (Å²) in [5, 5.41) is 0. The lowest BCUT2D eigenvalue weighted by Crippen LogP contribution is -2.14. The zero-order valence-electron chi connectivity index (χ0n) is 17.5. The molecule has 2 heteroatoms. The largest absolute Gasteiger partial charge is 0.427 e. The van der Waals surface area contributed by atoms with Gasteiger partial charge in [-0.15, -0.1) is 0 Å². The highest BCUT2D eigenvalue weighted by Gasteiger charge is 2.18. The van der Waals surface area contributed by atoms with Gasteiger partial charge in [0.15, 0.2) is 0 Å². The van der Waals surface area contributed by atoms with Crippen LogP contribution in [0.4, 0.5) is 0 Å². The first kappa shape index (κ1) is 20.6. The number of carbonyl (C=O) groups is 1. The highest BCUT2D eigenvalue weighted by molar-refractivity contribution is 5.70. The van der Waals surface area contributed by atoms with Crippen molar-refractivity contribution in [2.45, 2.75) is 78.1 Å². The van der Waals surface area contributed by atoms with Crippen LogP contribution in [0.2, 0.25) is 0 Å². The van der Waals surface area contributed by atoms with Crippen LogP contribution in [0.3, 0.4) is 0 Å². The summed E-state index contributed by atoms with van der Waals surface area (Å²) >= 11 is 0. The van der Waals surface area contributed by atoms with Crippen molar-refractivity contribution in [3.63, 3.8) is 0 Å². The minimum Gasteiger partial charge on any atom is -0.427 e. The number of hydrogen-bond acceptors (Lipinski definition) is 2. The third-order valence-corrected chi connectivity index (χ3v) is 5.95. The molecule has 0 radical (unpaired) electrons. The molecular weight excluding hydrogens is 344 g/mol. The van der Waals surface area contributed by atoms with Crippen LogP contribution in [0.1, 0.15) is 76.3 Å². The van der Waals surface area contributed by atoms with E-state index < -0.39 is 0 Å². The summed E-state index contributed by atoms with van der Waals surface area (Å²) in [5.74, 6) is 1.19. The number of aryl methyl sites for hydroxylation is 1. The maximum atomic E-state index is 11.1. The molecule has 1 aliphatic rings. The summed E-state index contributed by atoms with van der Waals surface area (Å²) in [4.78, 5) is 11.1. The van der Waals surface area contributed by atoms with Crippen molar-refractivity contribution >= 4 is 5.97 Å². The van der Waals surface area contributed by atoms with E-state index >= 15 is 0 Å². The Labute approximate surface area is 170 Å². The van der Waals surface area contributed by atoms with Gasteiger partial charge in [-0.1, -0.05) is 82.2 Å². The van der Waals surface area contributed by atoms with Crippen LogP contribution in [0, 0.1) is 5.92 Å². The van der Waals surface area contributed by atoms with Crippen molar-refractivity contribution < 1.29 is 9.53 Å². The topological polar surface area (TPSA) is 26.3 Å². The van der Waals surface area contributed by atoms with E-state index in [-0.39, 0.29) is 5.97 Å². The number of unbranched alkanes of at least 4 members (excludes halogenated alkanes) is 5. The van der Waals surface area contributed by atoms with Gasteiger partial charge in [0.2, 0.25) is 0 Å². The van der Waals surface area contributed by atoms with E-state index in [0.717, 1.165) is 5.92 Å². The van der Waals surface area contributed by atoms with Crippen LogP contribution in [-0.4, -0.2) is 5.97 Å². The highest BCUT2D eigenvalue weighted by Crippen LogP contribution is 2.32. The summed E-state index contributed by atoms with van der Waals surface area (Å²) in [5.41, 5.74) is 5.48. The smallest absolute Gasteiger partial charge is 0.308 e. The summed E-state index contributed by atoms with van der Waals surface area (Å²) in [7, 11) is 0. The summed E-state index contributed by atoms with van der Waals surface area (Å²) in [6, 6.07) is 14.7. The molecule has 1 atom stereocenters. The Balaban J connectivity index is 1.54. The normalized spacial score (nSPS) is 15.9. The molecule has 0 aromatic heterocycles. The molecule has 0 amide bonds. The number of fused-ring (bicyclic) bond motifs is 1. The lowest BCUT2D eigenvalue weighted by Gasteiger charge is -2.25. The number of rotatable bonds is 9. The van der Waals surface area contributed by atoms with Gasteiger partial charge in [0.05, 0.1) is 0 Å². The Kier molecular flexibility index (Phi) is 7.71. The predicted molar refractivity (Wildman–Crippen MR) is 117 cm³/mol. The van der Waals surface area contributed by atoms with E-state index in [4.69, 9.17) is 4.74 Å². The monoisotopic (exact) mass is 378 g/mol. The van der Waals surface area contributed by atoms with Crippen LogP contribution >= 0.6 is 0 Å². The lowest BCUT2D eigenvalue weighted by atomic mass is 9.80. The van der Waals surface area contributed by atoms with Crippen molar-refractivity contribution in [1.29, 1.82) is 0 Å². The molecular formula is C26H34O2. The second-order valence-corrected chi connectivity index (χ2v) is 8.27. The molecule has 0 saturated carbocycles. The van der Waals surface area contributed by atoms with Gasteiger partial charge in [0.25, 0.3) is 0 Å². The molecule has 0 N–H and O–H groups in total. The first-order chi connectivity index (χ1) is 13.7. The van der Waals surface area contributed by atoms with Crippen molar-refractivity contribution in [2.75, 3.05) is 0 Å². The minimum atomic E-state index is -0.281. The van der Waals surface area contributed by atoms with Crippen molar-refractivity contribution in [1.82, 2.24) is 0 Å². The number of hydrogen-bond donors (Lipinski definition) is 0. The van der Waals surface area contributed by atoms with Crippen LogP contribution in [0.5, 0.6) is 5.75 Å². The van der Waals surface area contributed by atoms with E-state index in [2.05, 4.69) is 25.1 Å². The van der Waals surface area contributed by atoms with Crippen LogP contribution in [0.15, 0.2) is 42.5 Å². The summed E-state index contributed by atoms with van der Waals surface area (Å²) < 4.78 is 5.13. The fourth-order valence-electron chi connectivity index (χ4n) is 4.35. The van der Waals surface area contributed by atoms with Crippen LogP contribution < -0.4 is 4.74 Å². The molecule has 2 aromatic rings. The number of benzene rings is 2. The third kappa shape index (κ3) is 5.95. The van der Waals surface area contributed by atoms with Gasteiger partial charge in [0, 0.05) is 6.92 Å². The molecule has 0 heterocycles. The van der Waals surface area contributed by atoms with Crippen molar-refractivity contribution in [3.8, 4) is 16.9 Å². The molecule has 2 aromatic carbocycles. The molecule has 1 unspecified atom stereocenters. The van der Waals surface area contributed by atoms with Crippen molar-refractivity contribution in [2.24, 2.45) is 5.92 Å². The van der Waals surface area contributed by atoms with E-state index in [1.54, 1.807) is 5.56 Å². The molecule has 0 fully saturated rings. The highest BCUT2D eigenvalue weighted by atomic mass is 16.5. The number of carbonyl (C=O) groups excluding carboxylic acids is 1. The van der Waals surface area contributed by atoms with Gasteiger partial charge in [-0.3, -0.25) is 4.79 Å². The van der Waals surface area contributed by atoms with E-state index in [1.165, 1.54) is 87.8 Å². The number of ether oxygens (including phenoxy) is 1. The van der Waals surface area contributed by atoms with Crippen molar-refractivity contribution in [3.05, 3.63) is 53.6 Å². The maximum absolute atomic E-state index is 11.1. The zero-order valence-corrected chi connectivity index (χ0v) is 17.5. The van der Waals surface area contributed by atoms with Gasteiger partial charge in [-0.2, -0.15) is 0 Å². The van der Waals surface area contributed by atoms with Crippen LogP contribution in [-0.2, 0) is 17.6 Å². The Morgan fingerprint density at radius 2 is 1.64 bits per heavy atom. The van der Waals surface area contributed by atoms with Gasteiger partial charge < -0.3 is 4.74 Å². The Morgan fingerprint density at radius 1 is 0.929 bits per heavy atom. The average Bonchev–Trinajstić information content (AvgIpc) is 2.70. The van der Waals surface area contributed by atoms with E-state index in [9.17, 15) is 4.79 Å². The summed E-state index contributed by atoms with van der Waals surface area (Å²) in [6.45, 7) is 3.71. The predicted octanol–water partition coefficient (Wildman–Crippen LogP) is 7.13. The molecule has 0 spiro atoms. The minimum absolute atomic E-state index is 0.281. The number of esters is 1. The molecule has 0 aliphatic heterocycles. The van der Waals surface area contributed by atoms with E-state index in [1.807, 2.05) is 24.3 Å². The third-order valence-electron chi connectivity index (χ3n) is 5.95. The molecule has 150 valence electrons. The van der Waals surface area contributed by atoms with Gasteiger partial charge in [0.1, 0.15) is 5.75 Å². The Hall–Kier alpha value is -2.09. The molecule has 0 bridgehead atoms. The SMILES string of the molecule is CCCCCCCCC1CCc2cc(-c3ccc(OC(C)=O)cc3)ccc2C1. The lowest BCUT2D eigenvalue weighted by molar-refractivity contribution is -0.131. The second kappa shape index (κ2) is 10.5. The van der Waals surface area contributed by atoms with Gasteiger partial charge in [-0.05, 0) is 59.6 Å². The second-order valence-electron chi connectivity index (χ2n) is 8.27. The fraction of sp³-hybridized carbons (Fsp3) is 0.500. The first-order valence-corrected chi connectivity index (χ1v) is 11.1. The molecule has 0 saturated heterocycles. The van der Waals surface area contributed by atoms with E-state index in [0.29, 0.717) is 5.75 Å². The van der Waals surface area contributed by atoms with Gasteiger partial charge >= 0.3 is 5.97 Å². The first-order valence-electron chi connectivity index (χ1n) is 11.1. The quantitative estimate of drug-likeness (QED) is 0.263. The molecule has 3 rings (SSSR count). The van der Waals surface area contributed by atoms with Gasteiger partial charge in [-0.25, -0.2) is 0 Å². The zero-order chi connectivity index (χ0) is 19.8. The molecule has 1 aliphatic carbocycles. The maximum Gasteiger partial charge on any atom is 0.308 e.